The molecule has 1 amide bonds. The van der Waals surface area contributed by atoms with Crippen molar-refractivity contribution in [3.63, 3.8) is 0 Å². The fraction of sp³-hybridized carbons (Fsp3) is 0.450. The molecule has 1 saturated heterocycles. The van der Waals surface area contributed by atoms with Gasteiger partial charge in [0.1, 0.15) is 0 Å². The molecule has 152 valence electrons. The van der Waals surface area contributed by atoms with Crippen LogP contribution >= 0.6 is 11.3 Å². The zero-order valence-corrected chi connectivity index (χ0v) is 17.8. The van der Waals surface area contributed by atoms with E-state index in [1.165, 1.54) is 11.3 Å². The van der Waals surface area contributed by atoms with Gasteiger partial charge in [-0.25, -0.2) is 13.1 Å². The van der Waals surface area contributed by atoms with E-state index >= 15 is 0 Å². The first-order valence-corrected chi connectivity index (χ1v) is 12.0. The molecule has 0 spiro atoms. The van der Waals surface area contributed by atoms with Gasteiger partial charge >= 0.3 is 0 Å². The Morgan fingerprint density at radius 2 is 1.82 bits per heavy atom. The molecule has 2 aromatic rings. The molecule has 6 nitrogen and oxygen atoms in total. The maximum Gasteiger partial charge on any atom is 0.254 e. The Morgan fingerprint density at radius 3 is 2.43 bits per heavy atom. The summed E-state index contributed by atoms with van der Waals surface area (Å²) in [5, 5.41) is 3.78. The third kappa shape index (κ3) is 5.41. The van der Waals surface area contributed by atoms with Crippen LogP contribution < -0.4 is 4.72 Å². The molecule has 3 rings (SSSR count). The van der Waals surface area contributed by atoms with Gasteiger partial charge in [0.25, 0.3) is 5.91 Å². The summed E-state index contributed by atoms with van der Waals surface area (Å²) >= 11 is 1.52. The first-order chi connectivity index (χ1) is 13.5. The molecule has 0 bridgehead atoms. The molecular formula is C20H27N3O3S2. The predicted octanol–water partition coefficient (Wildman–Crippen LogP) is 2.44. The van der Waals surface area contributed by atoms with E-state index in [1.807, 2.05) is 33.9 Å². The molecule has 0 radical (unpaired) electrons. The largest absolute Gasteiger partial charge is 0.336 e. The molecule has 0 atom stereocenters. The summed E-state index contributed by atoms with van der Waals surface area (Å²) in [5.74, 6) is 0.0770. The predicted molar refractivity (Wildman–Crippen MR) is 112 cm³/mol. The monoisotopic (exact) mass is 421 g/mol. The summed E-state index contributed by atoms with van der Waals surface area (Å²) in [5.41, 5.74) is 1.90. The van der Waals surface area contributed by atoms with Crippen LogP contribution in [0.4, 0.5) is 0 Å². The Morgan fingerprint density at radius 1 is 1.11 bits per heavy atom. The topological polar surface area (TPSA) is 69.7 Å². The zero-order chi connectivity index (χ0) is 20.0. The average molecular weight is 422 g/mol. The van der Waals surface area contributed by atoms with Crippen LogP contribution in [0.3, 0.4) is 0 Å². The van der Waals surface area contributed by atoms with Gasteiger partial charge in [-0.1, -0.05) is 25.5 Å². The summed E-state index contributed by atoms with van der Waals surface area (Å²) < 4.78 is 27.6. The van der Waals surface area contributed by atoms with Crippen molar-refractivity contribution in [1.82, 2.24) is 14.5 Å². The van der Waals surface area contributed by atoms with Gasteiger partial charge in [0.15, 0.2) is 0 Å². The number of aryl methyl sites for hydroxylation is 1. The number of nitrogens with one attached hydrogen (secondary N) is 1. The lowest BCUT2D eigenvalue weighted by atomic mass is 10.1. The first-order valence-electron chi connectivity index (χ1n) is 9.62. The molecule has 1 aromatic heterocycles. The molecule has 2 heterocycles. The molecule has 1 aliphatic heterocycles. The molecule has 0 aliphatic carbocycles. The number of carbonyl (C=O) groups is 1. The molecule has 1 aromatic carbocycles. The summed E-state index contributed by atoms with van der Waals surface area (Å²) in [6.07, 6.45) is 1.99. The van der Waals surface area contributed by atoms with E-state index in [0.717, 1.165) is 37.1 Å². The lowest BCUT2D eigenvalue weighted by molar-refractivity contribution is 0.0640. The molecule has 28 heavy (non-hydrogen) atoms. The number of rotatable bonds is 8. The minimum Gasteiger partial charge on any atom is -0.336 e. The van der Waals surface area contributed by atoms with Crippen LogP contribution in [0.1, 0.15) is 29.3 Å². The minimum atomic E-state index is -3.49. The number of hydrogen-bond acceptors (Lipinski definition) is 5. The van der Waals surface area contributed by atoms with E-state index in [9.17, 15) is 13.2 Å². The summed E-state index contributed by atoms with van der Waals surface area (Å²) in [7, 11) is -3.49. The number of hydrogen-bond donors (Lipinski definition) is 1. The molecule has 1 aliphatic rings. The lowest BCUT2D eigenvalue weighted by Crippen LogP contribution is -2.50. The number of sulfonamides is 1. The van der Waals surface area contributed by atoms with Gasteiger partial charge < -0.3 is 4.90 Å². The number of nitrogens with zero attached hydrogens (tertiary/aromatic N) is 2. The van der Waals surface area contributed by atoms with Crippen molar-refractivity contribution in [1.29, 1.82) is 0 Å². The van der Waals surface area contributed by atoms with Crippen LogP contribution in [0.2, 0.25) is 0 Å². The lowest BCUT2D eigenvalue weighted by Gasteiger charge is -2.34. The molecular weight excluding hydrogens is 394 g/mol. The van der Waals surface area contributed by atoms with Crippen molar-refractivity contribution in [3.8, 4) is 0 Å². The van der Waals surface area contributed by atoms with Crippen molar-refractivity contribution in [2.75, 3.05) is 39.3 Å². The van der Waals surface area contributed by atoms with E-state index in [0.29, 0.717) is 31.1 Å². The van der Waals surface area contributed by atoms with E-state index in [-0.39, 0.29) is 5.91 Å². The van der Waals surface area contributed by atoms with Gasteiger partial charge in [0.05, 0.1) is 10.5 Å². The van der Waals surface area contributed by atoms with Gasteiger partial charge in [-0.2, -0.15) is 11.3 Å². The Labute approximate surface area is 171 Å². The number of piperazine rings is 1. The highest BCUT2D eigenvalue weighted by Gasteiger charge is 2.22. The van der Waals surface area contributed by atoms with E-state index in [4.69, 9.17) is 0 Å². The number of carbonyl (C=O) groups excluding carboxylic acids is 1. The summed E-state index contributed by atoms with van der Waals surface area (Å²) in [4.78, 5) is 16.7. The quantitative estimate of drug-likeness (QED) is 0.711. The Kier molecular flexibility index (Phi) is 7.23. The summed E-state index contributed by atoms with van der Waals surface area (Å²) in [6, 6.07) is 8.94. The van der Waals surface area contributed by atoms with Crippen LogP contribution in [0, 0.1) is 0 Å². The maximum absolute atomic E-state index is 12.4. The second-order valence-corrected chi connectivity index (χ2v) is 9.48. The fourth-order valence-electron chi connectivity index (χ4n) is 3.29. The summed E-state index contributed by atoms with van der Waals surface area (Å²) in [6.45, 7) is 5.93. The van der Waals surface area contributed by atoms with Crippen molar-refractivity contribution in [2.45, 2.75) is 24.7 Å². The van der Waals surface area contributed by atoms with Crippen LogP contribution in [0.15, 0.2) is 46.0 Å². The Hall–Kier alpha value is -1.74. The second-order valence-electron chi connectivity index (χ2n) is 6.94. The third-order valence-electron chi connectivity index (χ3n) is 4.92. The van der Waals surface area contributed by atoms with Crippen LogP contribution in [0.25, 0.3) is 0 Å². The van der Waals surface area contributed by atoms with Crippen molar-refractivity contribution in [2.24, 2.45) is 0 Å². The van der Waals surface area contributed by atoms with Gasteiger partial charge in [-0.05, 0) is 35.6 Å². The average Bonchev–Trinajstić information content (AvgIpc) is 3.23. The highest BCUT2D eigenvalue weighted by molar-refractivity contribution is 7.89. The molecule has 1 fully saturated rings. The van der Waals surface area contributed by atoms with Gasteiger partial charge in [0, 0.05) is 44.6 Å². The Bertz CT molecular complexity index is 857. The van der Waals surface area contributed by atoms with Crippen LogP contribution in [-0.4, -0.2) is 63.4 Å². The van der Waals surface area contributed by atoms with Gasteiger partial charge in [-0.3, -0.25) is 9.69 Å². The molecule has 8 heteroatoms. The van der Waals surface area contributed by atoms with E-state index in [1.54, 1.807) is 12.1 Å². The zero-order valence-electron chi connectivity index (χ0n) is 16.1. The molecule has 0 saturated carbocycles. The molecule has 1 N–H and O–H groups in total. The minimum absolute atomic E-state index is 0.0770. The molecule has 0 unspecified atom stereocenters. The van der Waals surface area contributed by atoms with E-state index < -0.39 is 10.0 Å². The first kappa shape index (κ1) is 21.0. The number of benzene rings is 1. The van der Waals surface area contributed by atoms with Gasteiger partial charge in [0.2, 0.25) is 10.0 Å². The fourth-order valence-corrected chi connectivity index (χ4v) is 4.94. The third-order valence-corrected chi connectivity index (χ3v) is 7.08. The van der Waals surface area contributed by atoms with Crippen molar-refractivity contribution < 1.29 is 13.2 Å². The van der Waals surface area contributed by atoms with Crippen LogP contribution in [-0.2, 0) is 16.4 Å². The maximum atomic E-state index is 12.4. The highest BCUT2D eigenvalue weighted by atomic mass is 32.2. The standard InChI is InChI=1S/C20H27N3O3S2/c1-2-3-17-4-6-19(7-5-17)28(25,26)21-9-10-22-11-13-23(14-12-22)20(24)18-8-15-27-16-18/h4-8,15-16,21H,2-3,9-14H2,1H3. The Balaban J connectivity index is 1.43. The van der Waals surface area contributed by atoms with Crippen LogP contribution in [0.5, 0.6) is 0 Å². The number of amides is 1. The smallest absolute Gasteiger partial charge is 0.254 e. The van der Waals surface area contributed by atoms with Crippen molar-refractivity contribution >= 4 is 27.3 Å². The second kappa shape index (κ2) is 9.65. The normalized spacial score (nSPS) is 15.7. The van der Waals surface area contributed by atoms with E-state index in [2.05, 4.69) is 16.5 Å². The van der Waals surface area contributed by atoms with Crippen molar-refractivity contribution in [3.05, 3.63) is 52.2 Å². The SMILES string of the molecule is CCCc1ccc(S(=O)(=O)NCCN2CCN(C(=O)c3ccsc3)CC2)cc1. The number of thiophene rings is 1. The van der Waals surface area contributed by atoms with Gasteiger partial charge in [-0.15, -0.1) is 0 Å². The highest BCUT2D eigenvalue weighted by Crippen LogP contribution is 2.13.